The summed E-state index contributed by atoms with van der Waals surface area (Å²) in [4.78, 5) is 28.0. The Kier molecular flexibility index (Phi) is 7.38. The number of halogens is 7. The molecule has 0 saturated heterocycles. The molecule has 0 aliphatic rings. The van der Waals surface area contributed by atoms with Gasteiger partial charge in [0.05, 0.1) is 11.9 Å². The molecule has 17 heteroatoms. The van der Waals surface area contributed by atoms with E-state index in [0.29, 0.717) is 34.3 Å². The molecular formula is C22H18F7N7O2S. The Bertz CT molecular complexity index is 1570. The Labute approximate surface area is 218 Å². The number of hydrogen-bond acceptors (Lipinski definition) is 6. The van der Waals surface area contributed by atoms with Crippen molar-refractivity contribution in [3.05, 3.63) is 46.0 Å². The number of aromatic nitrogens is 5. The molecule has 0 spiro atoms. The number of fused-ring (bicyclic) bond motifs is 1. The Hall–Kier alpha value is -4.02. The van der Waals surface area contributed by atoms with Crippen LogP contribution >= 0.6 is 11.3 Å². The lowest BCUT2D eigenvalue weighted by Crippen LogP contribution is -2.23. The van der Waals surface area contributed by atoms with Crippen molar-refractivity contribution in [1.29, 1.82) is 0 Å². The summed E-state index contributed by atoms with van der Waals surface area (Å²) in [5, 5.41) is 9.70. The summed E-state index contributed by atoms with van der Waals surface area (Å²) >= 11 is 0.485. The predicted octanol–water partition coefficient (Wildman–Crippen LogP) is 5.32. The number of nitrogens with two attached hydrogens (primary N) is 1. The molecule has 4 rings (SSSR count). The van der Waals surface area contributed by atoms with E-state index in [2.05, 4.69) is 20.5 Å². The van der Waals surface area contributed by atoms with Crippen molar-refractivity contribution < 1.29 is 40.3 Å². The zero-order valence-electron chi connectivity index (χ0n) is 20.0. The van der Waals surface area contributed by atoms with Crippen molar-refractivity contribution >= 4 is 39.1 Å². The van der Waals surface area contributed by atoms with Crippen LogP contribution in [-0.2, 0) is 24.1 Å². The molecule has 0 aromatic carbocycles. The van der Waals surface area contributed by atoms with E-state index >= 15 is 0 Å². The van der Waals surface area contributed by atoms with E-state index in [1.165, 1.54) is 10.9 Å². The lowest BCUT2D eigenvalue weighted by Gasteiger charge is -2.13. The summed E-state index contributed by atoms with van der Waals surface area (Å²) in [5.41, 5.74) is 2.55. The molecule has 0 aliphatic carbocycles. The maximum Gasteiger partial charge on any atom is 0.433 e. The summed E-state index contributed by atoms with van der Waals surface area (Å²) in [5.74, 6) is -2.20. The Morgan fingerprint density at radius 1 is 1.10 bits per heavy atom. The molecule has 0 bridgehead atoms. The van der Waals surface area contributed by atoms with Gasteiger partial charge in [-0.3, -0.25) is 19.0 Å². The van der Waals surface area contributed by atoms with E-state index in [-0.39, 0.29) is 31.9 Å². The van der Waals surface area contributed by atoms with Crippen LogP contribution in [0.4, 0.5) is 36.4 Å². The predicted molar refractivity (Wildman–Crippen MR) is 126 cm³/mol. The van der Waals surface area contributed by atoms with Crippen molar-refractivity contribution in [3.8, 4) is 11.1 Å². The molecule has 0 saturated carbocycles. The van der Waals surface area contributed by atoms with Crippen molar-refractivity contribution in [3.63, 3.8) is 0 Å². The third kappa shape index (κ3) is 5.30. The van der Waals surface area contributed by atoms with E-state index in [9.17, 15) is 40.3 Å². The second-order valence-electron chi connectivity index (χ2n) is 8.16. The highest BCUT2D eigenvalue weighted by atomic mass is 32.1. The van der Waals surface area contributed by atoms with Crippen molar-refractivity contribution in [1.82, 2.24) is 24.5 Å². The van der Waals surface area contributed by atoms with Crippen molar-refractivity contribution in [2.75, 3.05) is 5.32 Å². The first-order chi connectivity index (χ1) is 18.2. The van der Waals surface area contributed by atoms with E-state index in [0.717, 1.165) is 6.07 Å². The SMILES string of the molecule is CCn1ncc(-c2cc(C(F)(F)F)nc3sc(C(N)=O)c(NC(=O)Cn4nc(C(F)F)cc4C(F)F)c23)c1C. The smallest absolute Gasteiger partial charge is 0.365 e. The topological polar surface area (TPSA) is 121 Å². The van der Waals surface area contributed by atoms with Gasteiger partial charge in [0.25, 0.3) is 18.8 Å². The lowest BCUT2D eigenvalue weighted by atomic mass is 10.0. The van der Waals surface area contributed by atoms with Crippen LogP contribution in [0, 0.1) is 6.92 Å². The number of alkyl halides is 7. The number of anilines is 1. The monoisotopic (exact) mass is 577 g/mol. The lowest BCUT2D eigenvalue weighted by molar-refractivity contribution is -0.140. The zero-order valence-corrected chi connectivity index (χ0v) is 20.8. The van der Waals surface area contributed by atoms with Gasteiger partial charge in [-0.05, 0) is 31.5 Å². The van der Waals surface area contributed by atoms with Gasteiger partial charge in [0, 0.05) is 23.2 Å². The van der Waals surface area contributed by atoms with Crippen molar-refractivity contribution in [2.45, 2.75) is 46.0 Å². The van der Waals surface area contributed by atoms with Gasteiger partial charge < -0.3 is 11.1 Å². The zero-order chi connectivity index (χ0) is 28.8. The standard InChI is InChI=1S/C22H18F7N7O2S/c1-3-35-8(2)10(6-31-35)9-4-13(22(27,28)29)32-21-15(9)16(17(39-21)20(30)38)33-14(37)7-36-12(19(25)26)5-11(34-36)18(23)24/h4-6,18-19H,3,7H2,1-2H3,(H2,30,38)(H,33,37). The second kappa shape index (κ2) is 10.3. The first-order valence-electron chi connectivity index (χ1n) is 11.0. The fourth-order valence-electron chi connectivity index (χ4n) is 3.95. The van der Waals surface area contributed by atoms with Gasteiger partial charge in [-0.15, -0.1) is 11.3 Å². The Morgan fingerprint density at radius 3 is 2.33 bits per heavy atom. The molecular weight excluding hydrogens is 559 g/mol. The minimum atomic E-state index is -4.87. The molecule has 39 heavy (non-hydrogen) atoms. The molecule has 4 aromatic rings. The highest BCUT2D eigenvalue weighted by Gasteiger charge is 2.35. The number of pyridine rings is 1. The Morgan fingerprint density at radius 2 is 1.79 bits per heavy atom. The van der Waals surface area contributed by atoms with Gasteiger partial charge in [0.2, 0.25) is 5.91 Å². The first kappa shape index (κ1) is 28.0. The van der Waals surface area contributed by atoms with Crippen LogP contribution < -0.4 is 11.1 Å². The fourth-order valence-corrected chi connectivity index (χ4v) is 4.96. The van der Waals surface area contributed by atoms with Crippen LogP contribution in [0.25, 0.3) is 21.3 Å². The summed E-state index contributed by atoms with van der Waals surface area (Å²) in [7, 11) is 0. The minimum absolute atomic E-state index is 0.0725. The first-order valence-corrected chi connectivity index (χ1v) is 11.9. The number of carbonyl (C=O) groups excluding carboxylic acids is 2. The molecule has 0 aliphatic heterocycles. The third-order valence-corrected chi connectivity index (χ3v) is 6.80. The van der Waals surface area contributed by atoms with Crippen LogP contribution in [0.2, 0.25) is 0 Å². The van der Waals surface area contributed by atoms with E-state index < -0.39 is 54.5 Å². The maximum absolute atomic E-state index is 13.7. The van der Waals surface area contributed by atoms with Gasteiger partial charge in [0.15, 0.2) is 0 Å². The van der Waals surface area contributed by atoms with Gasteiger partial charge in [-0.1, -0.05) is 0 Å². The van der Waals surface area contributed by atoms with E-state index in [1.807, 2.05) is 0 Å². The molecule has 0 unspecified atom stereocenters. The minimum Gasteiger partial charge on any atom is -0.365 e. The average molecular weight is 577 g/mol. The van der Waals surface area contributed by atoms with Gasteiger partial charge in [0.1, 0.15) is 33.3 Å². The number of carbonyl (C=O) groups is 2. The molecule has 208 valence electrons. The van der Waals surface area contributed by atoms with E-state index in [4.69, 9.17) is 5.73 Å². The number of hydrogen-bond donors (Lipinski definition) is 2. The van der Waals surface area contributed by atoms with Crippen molar-refractivity contribution in [2.24, 2.45) is 5.73 Å². The van der Waals surface area contributed by atoms with E-state index in [1.54, 1.807) is 13.8 Å². The van der Waals surface area contributed by atoms with Crippen LogP contribution in [0.3, 0.4) is 0 Å². The quantitative estimate of drug-likeness (QED) is 0.275. The molecule has 0 fully saturated rings. The largest absolute Gasteiger partial charge is 0.433 e. The highest BCUT2D eigenvalue weighted by molar-refractivity contribution is 7.21. The number of nitrogens with one attached hydrogen (secondary N) is 1. The normalized spacial score (nSPS) is 12.2. The average Bonchev–Trinajstić information content (AvgIpc) is 3.53. The molecule has 2 amide bonds. The molecule has 0 atom stereocenters. The second-order valence-corrected chi connectivity index (χ2v) is 9.16. The van der Waals surface area contributed by atoms with Crippen LogP contribution in [0.1, 0.15) is 52.2 Å². The van der Waals surface area contributed by atoms with Gasteiger partial charge >= 0.3 is 6.18 Å². The summed E-state index contributed by atoms with van der Waals surface area (Å²) in [6.45, 7) is 2.78. The van der Waals surface area contributed by atoms with Gasteiger partial charge in [-0.25, -0.2) is 22.5 Å². The maximum atomic E-state index is 13.7. The number of nitrogens with zero attached hydrogens (tertiary/aromatic N) is 5. The third-order valence-electron chi connectivity index (χ3n) is 5.70. The fraction of sp³-hybridized carbons (Fsp3) is 0.318. The number of aryl methyl sites for hydroxylation is 1. The molecule has 9 nitrogen and oxygen atoms in total. The molecule has 3 N–H and O–H groups in total. The molecule has 0 radical (unpaired) electrons. The van der Waals surface area contributed by atoms with Crippen LogP contribution in [0.5, 0.6) is 0 Å². The molecule has 4 aromatic heterocycles. The number of primary amides is 1. The van der Waals surface area contributed by atoms with Crippen LogP contribution in [0.15, 0.2) is 18.3 Å². The summed E-state index contributed by atoms with van der Waals surface area (Å²) in [6.07, 6.45) is -9.98. The Balaban J connectivity index is 1.88. The molecule has 4 heterocycles. The van der Waals surface area contributed by atoms with Crippen LogP contribution in [-0.4, -0.2) is 36.4 Å². The number of thiophene rings is 1. The highest BCUT2D eigenvalue weighted by Crippen LogP contribution is 2.44. The number of amides is 2. The van der Waals surface area contributed by atoms with Gasteiger partial charge in [-0.2, -0.15) is 23.4 Å². The summed E-state index contributed by atoms with van der Waals surface area (Å²) in [6, 6.07) is 1.18. The number of rotatable bonds is 8. The summed E-state index contributed by atoms with van der Waals surface area (Å²) < 4.78 is 95.7.